The molecular weight excluding hydrogens is 163 g/mol. The monoisotopic (exact) mass is 168 g/mol. The molecule has 4 heavy (non-hydrogen) atoms. The van der Waals surface area contributed by atoms with Gasteiger partial charge in [-0.1, -0.05) is 0 Å². The Hall–Kier alpha value is 0.510. The third-order valence-corrected chi connectivity index (χ3v) is 2.73. The number of halogens is 1. The summed E-state index contributed by atoms with van der Waals surface area (Å²) in [5, 5.41) is 0. The van der Waals surface area contributed by atoms with E-state index in [4.69, 9.17) is 4.31 Å². The standard InChI is InChI=1S/C3H5I/c1-4-2-3-4/h1H,2-3H2. The Morgan fingerprint density at radius 2 is 1.75 bits per heavy atom. The van der Waals surface area contributed by atoms with Crippen LogP contribution < -0.4 is 0 Å². The van der Waals surface area contributed by atoms with Gasteiger partial charge in [0.2, 0.25) is 0 Å². The van der Waals surface area contributed by atoms with Crippen molar-refractivity contribution >= 4 is 19.1 Å². The molecule has 0 amide bonds. The maximum atomic E-state index is 5.38. The molecule has 0 unspecified atom stereocenters. The smallest absolute Gasteiger partial charge is 0.00165 e. The normalized spacial score (nSPS) is 25.8. The minimum atomic E-state index is -0.513. The van der Waals surface area contributed by atoms with Gasteiger partial charge in [0.25, 0.3) is 0 Å². The van der Waals surface area contributed by atoms with Crippen LogP contribution in [-0.4, -0.2) is 8.86 Å². The van der Waals surface area contributed by atoms with E-state index < -0.39 is 19.1 Å². The largest absolute Gasteiger partial charge is 0.141 e. The predicted octanol–water partition coefficient (Wildman–Crippen LogP) is 1.10. The first kappa shape index (κ1) is 2.73. The minimum absolute atomic E-state index is 0.513. The van der Waals surface area contributed by atoms with Crippen LogP contribution in [-0.2, 0) is 0 Å². The lowest BCUT2D eigenvalue weighted by molar-refractivity contribution is 1.75. The quantitative estimate of drug-likeness (QED) is 0.375. The fourth-order valence-electron chi connectivity index (χ4n) is 0.0412. The Kier molecular flexibility index (Phi) is 0.497. The van der Waals surface area contributed by atoms with E-state index in [1.807, 2.05) is 0 Å². The van der Waals surface area contributed by atoms with Crippen molar-refractivity contribution in [1.82, 2.24) is 0 Å². The summed E-state index contributed by atoms with van der Waals surface area (Å²) in [5.74, 6) is 0. The Bertz CT molecular complexity index is 67.0. The van der Waals surface area contributed by atoms with Crippen molar-refractivity contribution in [2.24, 2.45) is 0 Å². The van der Waals surface area contributed by atoms with Gasteiger partial charge in [-0.3, -0.25) is 0 Å². The molecule has 0 nitrogen and oxygen atoms in total. The van der Waals surface area contributed by atoms with Crippen LogP contribution in [0.4, 0.5) is 0 Å². The van der Waals surface area contributed by atoms with E-state index in [1.54, 1.807) is 0 Å². The number of rotatable bonds is 0. The highest BCUT2D eigenvalue weighted by Crippen LogP contribution is 2.33. The molecule has 1 saturated heterocycles. The summed E-state index contributed by atoms with van der Waals surface area (Å²) in [6, 6.07) is 0. The van der Waals surface area contributed by atoms with Crippen molar-refractivity contribution < 1.29 is 0 Å². The maximum absolute atomic E-state index is 5.38. The first-order chi connectivity index (χ1) is 1.89. The van der Waals surface area contributed by atoms with Crippen LogP contribution >= 0.6 is 19.1 Å². The number of alkyl halides is 2. The lowest BCUT2D eigenvalue weighted by Crippen LogP contribution is -1.20. The molecule has 0 saturated carbocycles. The van der Waals surface area contributed by atoms with E-state index in [-0.39, 0.29) is 0 Å². The van der Waals surface area contributed by atoms with Gasteiger partial charge in [-0.15, -0.1) is 23.5 Å². The van der Waals surface area contributed by atoms with Crippen LogP contribution in [0.15, 0.2) is 0 Å². The average molecular weight is 168 g/mol. The summed E-state index contributed by atoms with van der Waals surface area (Å²) in [6.45, 7) is 0. The van der Waals surface area contributed by atoms with Crippen molar-refractivity contribution in [3.8, 4) is 4.31 Å². The van der Waals surface area contributed by atoms with E-state index in [1.165, 1.54) is 8.86 Å². The van der Waals surface area contributed by atoms with Gasteiger partial charge in [0.15, 0.2) is 0 Å². The van der Waals surface area contributed by atoms with E-state index in [9.17, 15) is 0 Å². The van der Waals surface area contributed by atoms with Gasteiger partial charge in [-0.25, -0.2) is 0 Å². The van der Waals surface area contributed by atoms with Crippen molar-refractivity contribution in [3.05, 3.63) is 0 Å². The van der Waals surface area contributed by atoms with Crippen molar-refractivity contribution in [2.45, 2.75) is 0 Å². The Balaban J connectivity index is 2.79. The van der Waals surface area contributed by atoms with Crippen molar-refractivity contribution in [3.63, 3.8) is 0 Å². The molecule has 0 aliphatic carbocycles. The molecule has 0 aromatic rings. The van der Waals surface area contributed by atoms with Crippen LogP contribution in [0.1, 0.15) is 0 Å². The molecule has 0 aromatic heterocycles. The van der Waals surface area contributed by atoms with Crippen LogP contribution in [0.3, 0.4) is 0 Å². The molecule has 1 rings (SSSR count). The molecule has 1 heterocycles. The second-order valence-corrected chi connectivity index (χ2v) is 5.87. The molecular formula is C3H5I. The molecule has 0 aromatic carbocycles. The van der Waals surface area contributed by atoms with Crippen LogP contribution in [0.2, 0.25) is 0 Å². The zero-order valence-corrected chi connectivity index (χ0v) is 4.53. The second-order valence-electron chi connectivity index (χ2n) is 0.876. The van der Waals surface area contributed by atoms with Gasteiger partial charge in [0, 0.05) is 8.86 Å². The third-order valence-electron chi connectivity index (χ3n) is 0.407. The zero-order valence-electron chi connectivity index (χ0n) is 2.37. The summed E-state index contributed by atoms with van der Waals surface area (Å²) in [6.07, 6.45) is 0. The van der Waals surface area contributed by atoms with Gasteiger partial charge in [0.05, 0.1) is 0 Å². The summed E-state index contributed by atoms with van der Waals surface area (Å²) in [4.78, 5) is 0. The van der Waals surface area contributed by atoms with E-state index in [0.29, 0.717) is 0 Å². The fraction of sp³-hybridized carbons (Fsp3) is 0.667. The van der Waals surface area contributed by atoms with Crippen LogP contribution in [0.5, 0.6) is 0 Å². The van der Waals surface area contributed by atoms with Crippen molar-refractivity contribution in [2.75, 3.05) is 8.86 Å². The highest BCUT2D eigenvalue weighted by molar-refractivity contribution is 14.2. The lowest BCUT2D eigenvalue weighted by Gasteiger charge is -1.29. The first-order valence-corrected chi connectivity index (χ1v) is 5.55. The molecule has 0 spiro atoms. The summed E-state index contributed by atoms with van der Waals surface area (Å²) >= 11 is -0.513. The summed E-state index contributed by atoms with van der Waals surface area (Å²) in [7, 11) is 0. The fourth-order valence-corrected chi connectivity index (χ4v) is 1.86. The van der Waals surface area contributed by atoms with Gasteiger partial charge in [-0.05, 0) is 0 Å². The SMILES string of the molecule is C#I1CC1. The molecule has 1 fully saturated rings. The first-order valence-electron chi connectivity index (χ1n) is 1.25. The predicted molar refractivity (Wildman–Crippen MR) is 28.7 cm³/mol. The second kappa shape index (κ2) is 0.728. The van der Waals surface area contributed by atoms with Gasteiger partial charge >= 0.3 is 0 Å². The van der Waals surface area contributed by atoms with E-state index in [2.05, 4.69) is 0 Å². The van der Waals surface area contributed by atoms with E-state index in [0.717, 1.165) is 0 Å². The molecule has 24 valence electrons. The highest BCUT2D eigenvalue weighted by atomic mass is 127. The molecule has 0 bridgehead atoms. The summed E-state index contributed by atoms with van der Waals surface area (Å²) in [5.41, 5.74) is 0. The molecule has 0 atom stereocenters. The third kappa shape index (κ3) is 0.465. The molecule has 1 heteroatoms. The average Bonchev–Trinajstić information content (AvgIpc) is 1.75. The summed E-state index contributed by atoms with van der Waals surface area (Å²) < 4.78 is 8.22. The highest BCUT2D eigenvalue weighted by Gasteiger charge is 2.01. The van der Waals surface area contributed by atoms with Gasteiger partial charge < -0.3 is 0 Å². The molecule has 0 radical (unpaired) electrons. The van der Waals surface area contributed by atoms with Crippen molar-refractivity contribution in [1.29, 1.82) is 0 Å². The topological polar surface area (TPSA) is 0 Å². The van der Waals surface area contributed by atoms with Gasteiger partial charge in [0.1, 0.15) is 0 Å². The van der Waals surface area contributed by atoms with Crippen LogP contribution in [0, 0.1) is 4.31 Å². The Labute approximate surface area is 32.7 Å². The molecule has 1 aliphatic rings. The number of hydrogen-bond acceptors (Lipinski definition) is 0. The molecule has 1 aliphatic heterocycles. The number of hydrogen-bond donors (Lipinski definition) is 0. The lowest BCUT2D eigenvalue weighted by atomic mass is 11.0. The van der Waals surface area contributed by atoms with E-state index >= 15 is 0 Å². The Morgan fingerprint density at radius 1 is 1.50 bits per heavy atom. The van der Waals surface area contributed by atoms with Gasteiger partial charge in [-0.2, -0.15) is 0 Å². The van der Waals surface area contributed by atoms with Crippen LogP contribution in [0.25, 0.3) is 0 Å². The minimum Gasteiger partial charge on any atom is -0.141 e. The Morgan fingerprint density at radius 3 is 1.75 bits per heavy atom. The maximum Gasteiger partial charge on any atom is 0.00165 e. The molecule has 0 N–H and O–H groups in total. The zero-order chi connectivity index (χ0) is 2.99.